The molecule has 1 aromatic carbocycles. The molecule has 1 aliphatic carbocycles. The number of aryl methyl sites for hydroxylation is 2. The van der Waals surface area contributed by atoms with Gasteiger partial charge in [-0.1, -0.05) is 30.8 Å². The average Bonchev–Trinajstić information content (AvgIpc) is 3.16. The zero-order chi connectivity index (χ0) is 22.0. The highest BCUT2D eigenvalue weighted by Gasteiger charge is 2.24. The van der Waals surface area contributed by atoms with Crippen LogP contribution in [0, 0.1) is 0 Å². The molecule has 31 heavy (non-hydrogen) atoms. The number of nitrogens with zero attached hydrogens (tertiary/aromatic N) is 2. The molecule has 1 aliphatic rings. The van der Waals surface area contributed by atoms with Crippen LogP contribution in [0.25, 0.3) is 15.9 Å². The number of methoxy groups -OCH3 is 1. The van der Waals surface area contributed by atoms with Crippen molar-refractivity contribution in [2.75, 3.05) is 12.9 Å². The molecule has 0 fully saturated rings. The predicted octanol–water partition coefficient (Wildman–Crippen LogP) is 4.34. The summed E-state index contributed by atoms with van der Waals surface area (Å²) in [7, 11) is 1.59. The number of thiophene rings is 1. The Labute approximate surface area is 190 Å². The van der Waals surface area contributed by atoms with Crippen LogP contribution in [0.15, 0.2) is 34.2 Å². The zero-order valence-electron chi connectivity index (χ0n) is 18.1. The van der Waals surface area contributed by atoms with Gasteiger partial charge in [0.25, 0.3) is 5.56 Å². The number of thioether (sulfide) groups is 1. The number of nitrogens with one attached hydrogen (secondary N) is 1. The SMILES string of the molecule is CC[C@H](C)NC(=O)CSc1nc2sc3c(c2c(=O)n1-c1ccccc1OC)CCCC3. The molecule has 0 saturated carbocycles. The quantitative estimate of drug-likeness (QED) is 0.422. The van der Waals surface area contributed by atoms with Crippen molar-refractivity contribution in [3.05, 3.63) is 45.1 Å². The van der Waals surface area contributed by atoms with E-state index >= 15 is 0 Å². The highest BCUT2D eigenvalue weighted by atomic mass is 32.2. The second kappa shape index (κ2) is 9.44. The van der Waals surface area contributed by atoms with Crippen LogP contribution in [0.4, 0.5) is 0 Å². The third kappa shape index (κ3) is 4.36. The summed E-state index contributed by atoms with van der Waals surface area (Å²) in [6.45, 7) is 4.01. The summed E-state index contributed by atoms with van der Waals surface area (Å²) in [4.78, 5) is 33.1. The van der Waals surface area contributed by atoms with Crippen LogP contribution >= 0.6 is 23.1 Å². The van der Waals surface area contributed by atoms with Crippen LogP contribution < -0.4 is 15.6 Å². The number of hydrogen-bond donors (Lipinski definition) is 1. The van der Waals surface area contributed by atoms with E-state index in [2.05, 4.69) is 5.32 Å². The first-order valence-electron chi connectivity index (χ1n) is 10.7. The van der Waals surface area contributed by atoms with Crippen molar-refractivity contribution in [2.24, 2.45) is 0 Å². The van der Waals surface area contributed by atoms with Gasteiger partial charge in [0.1, 0.15) is 10.6 Å². The molecule has 2 heterocycles. The van der Waals surface area contributed by atoms with Gasteiger partial charge >= 0.3 is 0 Å². The Balaban J connectivity index is 1.83. The number of amides is 1. The van der Waals surface area contributed by atoms with E-state index < -0.39 is 0 Å². The number of ether oxygens (including phenoxy) is 1. The molecule has 0 bridgehead atoms. The number of para-hydroxylation sites is 2. The molecular formula is C23H27N3O3S2. The lowest BCUT2D eigenvalue weighted by Gasteiger charge is -2.16. The molecule has 0 aliphatic heterocycles. The fourth-order valence-electron chi connectivity index (χ4n) is 3.86. The van der Waals surface area contributed by atoms with Crippen molar-refractivity contribution in [3.8, 4) is 11.4 Å². The van der Waals surface area contributed by atoms with E-state index in [9.17, 15) is 9.59 Å². The van der Waals surface area contributed by atoms with Crippen molar-refractivity contribution in [1.82, 2.24) is 14.9 Å². The average molecular weight is 458 g/mol. The van der Waals surface area contributed by atoms with Gasteiger partial charge in [-0.05, 0) is 56.7 Å². The van der Waals surface area contributed by atoms with E-state index in [1.807, 2.05) is 38.1 Å². The van der Waals surface area contributed by atoms with Gasteiger partial charge in [0.05, 0.1) is 23.9 Å². The van der Waals surface area contributed by atoms with Crippen LogP contribution in [0.5, 0.6) is 5.75 Å². The van der Waals surface area contributed by atoms with Gasteiger partial charge in [0, 0.05) is 10.9 Å². The molecule has 0 saturated heterocycles. The molecule has 4 rings (SSSR count). The Morgan fingerprint density at radius 1 is 1.32 bits per heavy atom. The molecule has 3 aromatic rings. The maximum Gasteiger partial charge on any atom is 0.267 e. The zero-order valence-corrected chi connectivity index (χ0v) is 19.7. The minimum Gasteiger partial charge on any atom is -0.495 e. The number of benzene rings is 1. The Hall–Kier alpha value is -2.32. The van der Waals surface area contributed by atoms with Crippen molar-refractivity contribution in [3.63, 3.8) is 0 Å². The largest absolute Gasteiger partial charge is 0.495 e. The van der Waals surface area contributed by atoms with E-state index in [0.717, 1.165) is 47.9 Å². The molecule has 8 heteroatoms. The number of hydrogen-bond acceptors (Lipinski definition) is 6. The molecule has 0 spiro atoms. The number of carbonyl (C=O) groups excluding carboxylic acids is 1. The monoisotopic (exact) mass is 457 g/mol. The van der Waals surface area contributed by atoms with E-state index in [1.165, 1.54) is 16.6 Å². The highest BCUT2D eigenvalue weighted by Crippen LogP contribution is 2.36. The highest BCUT2D eigenvalue weighted by molar-refractivity contribution is 7.99. The first kappa shape index (κ1) is 21.9. The molecular weight excluding hydrogens is 430 g/mol. The van der Waals surface area contributed by atoms with Crippen molar-refractivity contribution in [2.45, 2.75) is 57.1 Å². The van der Waals surface area contributed by atoms with Gasteiger partial charge in [-0.2, -0.15) is 0 Å². The summed E-state index contributed by atoms with van der Waals surface area (Å²) in [5.41, 5.74) is 1.71. The lowest BCUT2D eigenvalue weighted by atomic mass is 9.97. The van der Waals surface area contributed by atoms with E-state index in [4.69, 9.17) is 9.72 Å². The Bertz CT molecular complexity index is 1170. The standard InChI is InChI=1S/C23H27N3O3S2/c1-4-14(2)24-19(27)13-30-23-25-21-20(15-9-5-8-12-18(15)31-21)22(28)26(23)16-10-6-7-11-17(16)29-3/h6-7,10-11,14H,4-5,8-9,12-13H2,1-3H3,(H,24,27)/t14-/m0/s1. The molecule has 1 N–H and O–H groups in total. The Kier molecular flexibility index (Phi) is 6.67. The van der Waals surface area contributed by atoms with E-state index in [-0.39, 0.29) is 23.3 Å². The molecule has 1 amide bonds. The van der Waals surface area contributed by atoms with E-state index in [1.54, 1.807) is 23.0 Å². The summed E-state index contributed by atoms with van der Waals surface area (Å²) >= 11 is 2.91. The lowest BCUT2D eigenvalue weighted by molar-refractivity contribution is -0.119. The fraction of sp³-hybridized carbons (Fsp3) is 0.435. The number of rotatable bonds is 7. The van der Waals surface area contributed by atoms with E-state index in [0.29, 0.717) is 16.6 Å². The molecule has 1 atom stereocenters. The third-order valence-corrected chi connectivity index (χ3v) is 7.76. The number of carbonyl (C=O) groups is 1. The normalized spacial score (nSPS) is 14.3. The third-order valence-electron chi connectivity index (χ3n) is 5.64. The molecule has 6 nitrogen and oxygen atoms in total. The van der Waals surface area contributed by atoms with Crippen LogP contribution in [0.2, 0.25) is 0 Å². The summed E-state index contributed by atoms with van der Waals surface area (Å²) in [6, 6.07) is 7.55. The number of fused-ring (bicyclic) bond motifs is 3. The minimum atomic E-state index is -0.0845. The van der Waals surface area contributed by atoms with Gasteiger partial charge in [0.15, 0.2) is 5.16 Å². The summed E-state index contributed by atoms with van der Waals surface area (Å²) in [5.74, 6) is 0.731. The van der Waals surface area contributed by atoms with Gasteiger partial charge in [0.2, 0.25) is 5.91 Å². The second-order valence-electron chi connectivity index (χ2n) is 7.76. The number of aromatic nitrogens is 2. The van der Waals surface area contributed by atoms with Crippen LogP contribution in [-0.4, -0.2) is 34.4 Å². The first-order valence-corrected chi connectivity index (χ1v) is 12.5. The molecule has 0 radical (unpaired) electrons. The van der Waals surface area contributed by atoms with Gasteiger partial charge in [-0.3, -0.25) is 14.2 Å². The Morgan fingerprint density at radius 3 is 2.87 bits per heavy atom. The molecule has 164 valence electrons. The summed E-state index contributed by atoms with van der Waals surface area (Å²) in [5, 5.41) is 4.21. The molecule has 2 aromatic heterocycles. The van der Waals surface area contributed by atoms with Crippen molar-refractivity contribution >= 4 is 39.2 Å². The first-order chi connectivity index (χ1) is 15.0. The van der Waals surface area contributed by atoms with Gasteiger partial charge in [-0.15, -0.1) is 11.3 Å². The fourth-order valence-corrected chi connectivity index (χ4v) is 5.98. The maximum atomic E-state index is 13.8. The topological polar surface area (TPSA) is 73.2 Å². The second-order valence-corrected chi connectivity index (χ2v) is 9.79. The predicted molar refractivity (Wildman–Crippen MR) is 127 cm³/mol. The summed E-state index contributed by atoms with van der Waals surface area (Å²) in [6.07, 6.45) is 5.04. The van der Waals surface area contributed by atoms with Crippen LogP contribution in [0.3, 0.4) is 0 Å². The van der Waals surface area contributed by atoms with Crippen LogP contribution in [-0.2, 0) is 17.6 Å². The van der Waals surface area contributed by atoms with Gasteiger partial charge in [-0.25, -0.2) is 4.98 Å². The van der Waals surface area contributed by atoms with Crippen molar-refractivity contribution < 1.29 is 9.53 Å². The lowest BCUT2D eigenvalue weighted by Crippen LogP contribution is -2.33. The summed E-state index contributed by atoms with van der Waals surface area (Å²) < 4.78 is 7.15. The minimum absolute atomic E-state index is 0.0641. The van der Waals surface area contributed by atoms with Gasteiger partial charge < -0.3 is 10.1 Å². The molecule has 0 unspecified atom stereocenters. The Morgan fingerprint density at radius 2 is 2.10 bits per heavy atom. The van der Waals surface area contributed by atoms with Crippen LogP contribution in [0.1, 0.15) is 43.6 Å². The maximum absolute atomic E-state index is 13.8. The van der Waals surface area contributed by atoms with Crippen molar-refractivity contribution in [1.29, 1.82) is 0 Å². The smallest absolute Gasteiger partial charge is 0.267 e.